The Bertz CT molecular complexity index is 593. The van der Waals surface area contributed by atoms with Crippen molar-refractivity contribution < 1.29 is 18.9 Å². The summed E-state index contributed by atoms with van der Waals surface area (Å²) in [4.78, 5) is 2.33. The summed E-state index contributed by atoms with van der Waals surface area (Å²) in [5, 5.41) is 0. The van der Waals surface area contributed by atoms with Crippen LogP contribution in [0.5, 0.6) is 11.5 Å². The molecular formula is C18H20O4S. The molecule has 5 heteroatoms. The molecule has 1 heterocycles. The topological polar surface area (TPSA) is 40.2 Å². The Morgan fingerprint density at radius 1 is 0.957 bits per heavy atom. The first-order valence-electron chi connectivity index (χ1n) is 7.66. The Hall–Kier alpha value is -1.69. The first-order chi connectivity index (χ1) is 11.3. The second kappa shape index (κ2) is 8.24. The molecule has 2 aromatic rings. The van der Waals surface area contributed by atoms with Gasteiger partial charge in [0.25, 0.3) is 0 Å². The maximum Gasteiger partial charge on any atom is 0.189 e. The first-order valence-corrected chi connectivity index (χ1v) is 8.48. The predicted molar refractivity (Wildman–Crippen MR) is 89.4 cm³/mol. The minimum absolute atomic E-state index is 0.285. The summed E-state index contributed by atoms with van der Waals surface area (Å²) in [7, 11) is 0. The van der Waals surface area contributed by atoms with E-state index in [-0.39, 0.29) is 12.9 Å². The standard InChI is InChI=1S/C18H20O4S/c1-2-19-13-22-15-5-9-18(10-6-15)23-17-7-3-14(4-8-17)20-11-16-12-21-16/h3-10,16H,2,11-13H2,1H3. The third kappa shape index (κ3) is 5.46. The van der Waals surface area contributed by atoms with E-state index >= 15 is 0 Å². The van der Waals surface area contributed by atoms with Crippen LogP contribution in [0.15, 0.2) is 58.3 Å². The highest BCUT2D eigenvalue weighted by molar-refractivity contribution is 7.99. The van der Waals surface area contributed by atoms with Crippen molar-refractivity contribution in [3.63, 3.8) is 0 Å². The van der Waals surface area contributed by atoms with Crippen molar-refractivity contribution in [3.05, 3.63) is 48.5 Å². The molecule has 1 atom stereocenters. The molecule has 0 aromatic heterocycles. The van der Waals surface area contributed by atoms with E-state index in [0.29, 0.717) is 13.2 Å². The molecule has 2 aromatic carbocycles. The van der Waals surface area contributed by atoms with Crippen LogP contribution in [0.1, 0.15) is 6.92 Å². The van der Waals surface area contributed by atoms with Crippen LogP contribution in [-0.2, 0) is 9.47 Å². The van der Waals surface area contributed by atoms with Crippen molar-refractivity contribution in [1.29, 1.82) is 0 Å². The monoisotopic (exact) mass is 332 g/mol. The fraction of sp³-hybridized carbons (Fsp3) is 0.333. The minimum Gasteiger partial charge on any atom is -0.491 e. The van der Waals surface area contributed by atoms with Gasteiger partial charge in [-0.1, -0.05) is 11.8 Å². The van der Waals surface area contributed by atoms with Crippen LogP contribution in [0.2, 0.25) is 0 Å². The van der Waals surface area contributed by atoms with E-state index in [1.807, 2.05) is 43.3 Å². The molecule has 0 aliphatic carbocycles. The normalized spacial score (nSPS) is 16.1. The molecule has 23 heavy (non-hydrogen) atoms. The summed E-state index contributed by atoms with van der Waals surface area (Å²) >= 11 is 1.70. The predicted octanol–water partition coefficient (Wildman–Crippen LogP) is 3.99. The zero-order valence-corrected chi connectivity index (χ0v) is 13.9. The SMILES string of the molecule is CCOCOc1ccc(Sc2ccc(OCC3CO3)cc2)cc1. The quantitative estimate of drug-likeness (QED) is 0.394. The number of ether oxygens (including phenoxy) is 4. The fourth-order valence-corrected chi connectivity index (χ4v) is 2.71. The molecular weight excluding hydrogens is 312 g/mol. The van der Waals surface area contributed by atoms with Crippen molar-refractivity contribution in [2.75, 3.05) is 26.6 Å². The molecule has 1 unspecified atom stereocenters. The molecule has 0 spiro atoms. The van der Waals surface area contributed by atoms with Crippen molar-refractivity contribution in [2.24, 2.45) is 0 Å². The molecule has 1 fully saturated rings. The van der Waals surface area contributed by atoms with Gasteiger partial charge in [0.2, 0.25) is 0 Å². The van der Waals surface area contributed by atoms with Crippen molar-refractivity contribution in [3.8, 4) is 11.5 Å². The molecule has 122 valence electrons. The highest BCUT2D eigenvalue weighted by Crippen LogP contribution is 2.30. The Balaban J connectivity index is 1.49. The smallest absolute Gasteiger partial charge is 0.189 e. The number of hydrogen-bond acceptors (Lipinski definition) is 5. The van der Waals surface area contributed by atoms with Crippen LogP contribution in [0, 0.1) is 0 Å². The van der Waals surface area contributed by atoms with E-state index in [2.05, 4.69) is 12.1 Å². The van der Waals surface area contributed by atoms with Gasteiger partial charge in [-0.2, -0.15) is 0 Å². The molecule has 1 aliphatic rings. The lowest BCUT2D eigenvalue weighted by atomic mass is 10.3. The summed E-state index contributed by atoms with van der Waals surface area (Å²) in [5.74, 6) is 1.69. The molecule has 0 amide bonds. The molecule has 1 aliphatic heterocycles. The molecule has 1 saturated heterocycles. The van der Waals surface area contributed by atoms with E-state index in [1.54, 1.807) is 11.8 Å². The molecule has 0 saturated carbocycles. The zero-order chi connectivity index (χ0) is 15.9. The van der Waals surface area contributed by atoms with E-state index in [4.69, 9.17) is 18.9 Å². The van der Waals surface area contributed by atoms with Gasteiger partial charge in [-0.05, 0) is 55.5 Å². The maximum atomic E-state index is 5.63. The molecule has 0 N–H and O–H groups in total. The lowest BCUT2D eigenvalue weighted by molar-refractivity contribution is 0.0224. The summed E-state index contributed by atoms with van der Waals surface area (Å²) < 4.78 is 21.4. The van der Waals surface area contributed by atoms with Crippen molar-refractivity contribution in [1.82, 2.24) is 0 Å². The van der Waals surface area contributed by atoms with E-state index in [0.717, 1.165) is 23.0 Å². The highest BCUT2D eigenvalue weighted by Gasteiger charge is 2.22. The second-order valence-electron chi connectivity index (χ2n) is 5.07. The summed E-state index contributed by atoms with van der Waals surface area (Å²) in [6.07, 6.45) is 0.285. The average Bonchev–Trinajstić information content (AvgIpc) is 3.40. The van der Waals surface area contributed by atoms with Gasteiger partial charge in [-0.25, -0.2) is 0 Å². The largest absolute Gasteiger partial charge is 0.491 e. The first kappa shape index (κ1) is 16.2. The van der Waals surface area contributed by atoms with Crippen LogP contribution in [0.25, 0.3) is 0 Å². The molecule has 0 radical (unpaired) electrons. The number of hydrogen-bond donors (Lipinski definition) is 0. The van der Waals surface area contributed by atoms with Crippen molar-refractivity contribution >= 4 is 11.8 Å². The zero-order valence-electron chi connectivity index (χ0n) is 13.1. The van der Waals surface area contributed by atoms with Crippen LogP contribution in [0.4, 0.5) is 0 Å². The third-order valence-electron chi connectivity index (χ3n) is 3.23. The Kier molecular flexibility index (Phi) is 5.80. The summed E-state index contributed by atoms with van der Waals surface area (Å²) in [6, 6.07) is 16.1. The van der Waals surface area contributed by atoms with Gasteiger partial charge in [-0.3, -0.25) is 0 Å². The number of rotatable bonds is 9. The molecule has 4 nitrogen and oxygen atoms in total. The van der Waals surface area contributed by atoms with Crippen LogP contribution in [-0.4, -0.2) is 32.7 Å². The van der Waals surface area contributed by atoms with Gasteiger partial charge in [0.1, 0.15) is 24.2 Å². The molecule has 0 bridgehead atoms. The van der Waals surface area contributed by atoms with Crippen LogP contribution >= 0.6 is 11.8 Å². The van der Waals surface area contributed by atoms with Gasteiger partial charge in [0, 0.05) is 16.4 Å². The maximum absolute atomic E-state index is 5.63. The number of benzene rings is 2. The van der Waals surface area contributed by atoms with E-state index in [9.17, 15) is 0 Å². The van der Waals surface area contributed by atoms with E-state index < -0.39 is 0 Å². The minimum atomic E-state index is 0.285. The van der Waals surface area contributed by atoms with Crippen LogP contribution < -0.4 is 9.47 Å². The average molecular weight is 332 g/mol. The van der Waals surface area contributed by atoms with Gasteiger partial charge >= 0.3 is 0 Å². The van der Waals surface area contributed by atoms with Crippen molar-refractivity contribution in [2.45, 2.75) is 22.8 Å². The van der Waals surface area contributed by atoms with Crippen LogP contribution in [0.3, 0.4) is 0 Å². The third-order valence-corrected chi connectivity index (χ3v) is 4.25. The molecule has 3 rings (SSSR count). The van der Waals surface area contributed by atoms with Gasteiger partial charge < -0.3 is 18.9 Å². The highest BCUT2D eigenvalue weighted by atomic mass is 32.2. The summed E-state index contributed by atoms with van der Waals surface area (Å²) in [6.45, 7) is 4.34. The lowest BCUT2D eigenvalue weighted by Crippen LogP contribution is -2.03. The van der Waals surface area contributed by atoms with E-state index in [1.165, 1.54) is 4.90 Å². The van der Waals surface area contributed by atoms with Gasteiger partial charge in [0.15, 0.2) is 6.79 Å². The Morgan fingerprint density at radius 2 is 1.52 bits per heavy atom. The lowest BCUT2D eigenvalue weighted by Gasteiger charge is -2.08. The van der Waals surface area contributed by atoms with Gasteiger partial charge in [0.05, 0.1) is 6.61 Å². The second-order valence-corrected chi connectivity index (χ2v) is 6.21. The Morgan fingerprint density at radius 3 is 2.04 bits per heavy atom. The fourth-order valence-electron chi connectivity index (χ4n) is 1.89. The Labute approximate surface area is 140 Å². The number of epoxide rings is 1. The summed E-state index contributed by atoms with van der Waals surface area (Å²) in [5.41, 5.74) is 0. The van der Waals surface area contributed by atoms with Gasteiger partial charge in [-0.15, -0.1) is 0 Å².